The molecule has 114 valence electrons. The first kappa shape index (κ1) is 15.3. The van der Waals surface area contributed by atoms with Crippen molar-refractivity contribution >= 4 is 17.7 Å². The predicted octanol–water partition coefficient (Wildman–Crippen LogP) is 0.527. The largest absolute Gasteiger partial charge is 0.478 e. The van der Waals surface area contributed by atoms with E-state index in [0.29, 0.717) is 38.4 Å². The van der Waals surface area contributed by atoms with Gasteiger partial charge < -0.3 is 20.4 Å². The van der Waals surface area contributed by atoms with Crippen LogP contribution in [0, 0.1) is 0 Å². The number of hydrogen-bond donors (Lipinski definition) is 3. The first-order valence-corrected chi connectivity index (χ1v) is 6.83. The van der Waals surface area contributed by atoms with E-state index in [1.807, 2.05) is 0 Å². The van der Waals surface area contributed by atoms with E-state index in [1.165, 1.54) is 6.07 Å². The number of β-amino-alcohol motifs (C(OH)–C–C–N with tert-alkyl or cyclic N) is 1. The third-order valence-corrected chi connectivity index (χ3v) is 3.47. The summed E-state index contributed by atoms with van der Waals surface area (Å²) in [6, 6.07) is 6.03. The number of piperazine rings is 1. The van der Waals surface area contributed by atoms with Crippen LogP contribution < -0.4 is 5.32 Å². The van der Waals surface area contributed by atoms with E-state index in [9.17, 15) is 9.59 Å². The number of nitrogens with one attached hydrogen (secondary N) is 1. The number of aromatic carboxylic acids is 1. The molecule has 1 aliphatic heterocycles. The number of aliphatic hydroxyl groups is 1. The molecule has 0 spiro atoms. The highest BCUT2D eigenvalue weighted by Crippen LogP contribution is 2.16. The molecule has 21 heavy (non-hydrogen) atoms. The predicted molar refractivity (Wildman–Crippen MR) is 77.5 cm³/mol. The molecule has 1 aromatic carbocycles. The quantitative estimate of drug-likeness (QED) is 0.753. The van der Waals surface area contributed by atoms with E-state index in [-0.39, 0.29) is 18.2 Å². The second-order valence-corrected chi connectivity index (χ2v) is 4.83. The molecule has 1 aromatic rings. The smallest absolute Gasteiger partial charge is 0.337 e. The lowest BCUT2D eigenvalue weighted by molar-refractivity contribution is 0.0698. The van der Waals surface area contributed by atoms with Gasteiger partial charge in [0.15, 0.2) is 0 Å². The van der Waals surface area contributed by atoms with Crippen LogP contribution in [-0.4, -0.2) is 71.3 Å². The van der Waals surface area contributed by atoms with Crippen molar-refractivity contribution in [2.75, 3.05) is 44.6 Å². The maximum Gasteiger partial charge on any atom is 0.337 e. The van der Waals surface area contributed by atoms with Gasteiger partial charge in [0.1, 0.15) is 0 Å². The summed E-state index contributed by atoms with van der Waals surface area (Å²) in [5.41, 5.74) is 0.373. The Labute approximate surface area is 122 Å². The average molecular weight is 293 g/mol. The van der Waals surface area contributed by atoms with Gasteiger partial charge in [0.2, 0.25) is 0 Å². The fourth-order valence-electron chi connectivity index (χ4n) is 2.29. The number of amides is 2. The Bertz CT molecular complexity index is 513. The molecule has 1 fully saturated rings. The highest BCUT2D eigenvalue weighted by Gasteiger charge is 2.21. The fraction of sp³-hybridized carbons (Fsp3) is 0.429. The zero-order chi connectivity index (χ0) is 15.2. The lowest BCUT2D eigenvalue weighted by Gasteiger charge is -2.34. The van der Waals surface area contributed by atoms with E-state index >= 15 is 0 Å². The van der Waals surface area contributed by atoms with Crippen molar-refractivity contribution in [3.8, 4) is 0 Å². The van der Waals surface area contributed by atoms with Crippen molar-refractivity contribution < 1.29 is 19.8 Å². The molecular formula is C14H19N3O4. The van der Waals surface area contributed by atoms with Crippen molar-refractivity contribution in [3.05, 3.63) is 29.8 Å². The molecule has 0 atom stereocenters. The molecule has 3 N–H and O–H groups in total. The topological polar surface area (TPSA) is 93.1 Å². The first-order valence-electron chi connectivity index (χ1n) is 6.83. The summed E-state index contributed by atoms with van der Waals surface area (Å²) >= 11 is 0. The number of carbonyl (C=O) groups excluding carboxylic acids is 1. The van der Waals surface area contributed by atoms with Crippen LogP contribution in [0.25, 0.3) is 0 Å². The van der Waals surface area contributed by atoms with Crippen LogP contribution in [0.4, 0.5) is 10.5 Å². The maximum atomic E-state index is 12.2. The van der Waals surface area contributed by atoms with Crippen LogP contribution >= 0.6 is 0 Å². The van der Waals surface area contributed by atoms with E-state index in [1.54, 1.807) is 23.1 Å². The van der Waals surface area contributed by atoms with Crippen LogP contribution in [0.5, 0.6) is 0 Å². The van der Waals surface area contributed by atoms with Crippen molar-refractivity contribution in [2.24, 2.45) is 0 Å². The van der Waals surface area contributed by atoms with Crippen molar-refractivity contribution in [2.45, 2.75) is 0 Å². The van der Waals surface area contributed by atoms with Crippen LogP contribution in [0.3, 0.4) is 0 Å². The maximum absolute atomic E-state index is 12.2. The van der Waals surface area contributed by atoms with Gasteiger partial charge in [-0.15, -0.1) is 0 Å². The minimum absolute atomic E-state index is 0.0739. The zero-order valence-corrected chi connectivity index (χ0v) is 11.7. The number of aliphatic hydroxyl groups excluding tert-OH is 1. The Balaban J connectivity index is 1.95. The molecular weight excluding hydrogens is 274 g/mol. The molecule has 0 aliphatic carbocycles. The van der Waals surface area contributed by atoms with Gasteiger partial charge in [-0.05, 0) is 12.1 Å². The van der Waals surface area contributed by atoms with Crippen LogP contribution in [0.2, 0.25) is 0 Å². The molecule has 2 rings (SSSR count). The number of nitrogens with zero attached hydrogens (tertiary/aromatic N) is 2. The summed E-state index contributed by atoms with van der Waals surface area (Å²) < 4.78 is 0. The molecule has 0 saturated carbocycles. The van der Waals surface area contributed by atoms with Gasteiger partial charge in [0.05, 0.1) is 17.9 Å². The normalized spacial score (nSPS) is 15.8. The number of carboxylic acid groups (broad SMARTS) is 1. The second kappa shape index (κ2) is 7.05. The summed E-state index contributed by atoms with van der Waals surface area (Å²) in [5.74, 6) is -1.07. The second-order valence-electron chi connectivity index (χ2n) is 4.83. The highest BCUT2D eigenvalue weighted by atomic mass is 16.4. The number of urea groups is 1. The molecule has 1 heterocycles. The average Bonchev–Trinajstić information content (AvgIpc) is 2.48. The lowest BCUT2D eigenvalue weighted by atomic mass is 10.2. The summed E-state index contributed by atoms with van der Waals surface area (Å²) in [5, 5.41) is 20.6. The lowest BCUT2D eigenvalue weighted by Crippen LogP contribution is -2.50. The van der Waals surface area contributed by atoms with E-state index < -0.39 is 5.97 Å². The monoisotopic (exact) mass is 293 g/mol. The number of anilines is 1. The van der Waals surface area contributed by atoms with E-state index in [0.717, 1.165) is 0 Å². The molecule has 7 heteroatoms. The standard InChI is InChI=1S/C14H19N3O4/c18-10-9-16-5-7-17(8-6-16)14(21)15-12-4-2-1-3-11(12)13(19)20/h1-4,18H,5-10H2,(H,15,21)(H,19,20). The third-order valence-electron chi connectivity index (χ3n) is 3.47. The van der Waals surface area contributed by atoms with Crippen molar-refractivity contribution in [1.82, 2.24) is 9.80 Å². The number of benzene rings is 1. The van der Waals surface area contributed by atoms with Gasteiger partial charge >= 0.3 is 12.0 Å². The Morgan fingerprint density at radius 3 is 2.43 bits per heavy atom. The van der Waals surface area contributed by atoms with Crippen molar-refractivity contribution in [1.29, 1.82) is 0 Å². The number of para-hydroxylation sites is 1. The fourth-order valence-corrected chi connectivity index (χ4v) is 2.29. The molecule has 1 aliphatic rings. The molecule has 0 unspecified atom stereocenters. The van der Waals surface area contributed by atoms with Gasteiger partial charge in [-0.3, -0.25) is 4.90 Å². The van der Waals surface area contributed by atoms with Crippen LogP contribution in [0.15, 0.2) is 24.3 Å². The highest BCUT2D eigenvalue weighted by molar-refractivity contribution is 5.99. The summed E-state index contributed by atoms with van der Waals surface area (Å²) in [6.45, 7) is 3.24. The Morgan fingerprint density at radius 1 is 1.14 bits per heavy atom. The number of carboxylic acids is 1. The number of hydrogen-bond acceptors (Lipinski definition) is 4. The minimum Gasteiger partial charge on any atom is -0.478 e. The van der Waals surface area contributed by atoms with Crippen molar-refractivity contribution in [3.63, 3.8) is 0 Å². The Hall–Kier alpha value is -2.12. The van der Waals surface area contributed by atoms with E-state index in [4.69, 9.17) is 10.2 Å². The molecule has 2 amide bonds. The Morgan fingerprint density at radius 2 is 1.81 bits per heavy atom. The molecule has 0 aromatic heterocycles. The summed E-state index contributed by atoms with van der Waals surface area (Å²) in [6.07, 6.45) is 0. The molecule has 7 nitrogen and oxygen atoms in total. The Kier molecular flexibility index (Phi) is 5.13. The van der Waals surface area contributed by atoms with Gasteiger partial charge in [0, 0.05) is 32.7 Å². The van der Waals surface area contributed by atoms with Gasteiger partial charge in [-0.2, -0.15) is 0 Å². The first-order chi connectivity index (χ1) is 10.1. The van der Waals surface area contributed by atoms with Crippen LogP contribution in [-0.2, 0) is 0 Å². The minimum atomic E-state index is -1.07. The number of rotatable bonds is 4. The molecule has 1 saturated heterocycles. The van der Waals surface area contributed by atoms with Gasteiger partial charge in [-0.1, -0.05) is 12.1 Å². The molecule has 0 radical (unpaired) electrons. The van der Waals surface area contributed by atoms with Gasteiger partial charge in [-0.25, -0.2) is 9.59 Å². The SMILES string of the molecule is O=C(O)c1ccccc1NC(=O)N1CCN(CCO)CC1. The van der Waals surface area contributed by atoms with Crippen LogP contribution in [0.1, 0.15) is 10.4 Å². The summed E-state index contributed by atoms with van der Waals surface area (Å²) in [7, 11) is 0. The molecule has 0 bridgehead atoms. The van der Waals surface area contributed by atoms with E-state index in [2.05, 4.69) is 10.2 Å². The van der Waals surface area contributed by atoms with Gasteiger partial charge in [0.25, 0.3) is 0 Å². The zero-order valence-electron chi connectivity index (χ0n) is 11.7. The third kappa shape index (κ3) is 3.93. The number of carbonyl (C=O) groups is 2. The summed E-state index contributed by atoms with van der Waals surface area (Å²) in [4.78, 5) is 27.0.